The van der Waals surface area contributed by atoms with E-state index >= 15 is 0 Å². The minimum Gasteiger partial charge on any atom is -0.315 e. The quantitative estimate of drug-likeness (QED) is 0.896. The Morgan fingerprint density at radius 3 is 2.80 bits per heavy atom. The molecule has 0 radical (unpaired) electrons. The van der Waals surface area contributed by atoms with Crippen LogP contribution in [0.4, 0.5) is 0 Å². The summed E-state index contributed by atoms with van der Waals surface area (Å²) in [7, 11) is 1.83. The molecule has 2 aromatic rings. The number of H-pyrrole nitrogens is 1. The Labute approximate surface area is 118 Å². The van der Waals surface area contributed by atoms with E-state index in [9.17, 15) is 4.79 Å². The molecule has 0 aliphatic heterocycles. The third kappa shape index (κ3) is 2.51. The van der Waals surface area contributed by atoms with E-state index in [2.05, 4.69) is 33.7 Å². The highest BCUT2D eigenvalue weighted by molar-refractivity contribution is 5.61. The summed E-state index contributed by atoms with van der Waals surface area (Å²) in [5.74, 6) is 0. The van der Waals surface area contributed by atoms with Crippen LogP contribution < -0.4 is 10.9 Å². The van der Waals surface area contributed by atoms with Gasteiger partial charge in [0.15, 0.2) is 0 Å². The lowest BCUT2D eigenvalue weighted by atomic mass is 9.90. The fourth-order valence-corrected chi connectivity index (χ4v) is 2.81. The first-order valence-electron chi connectivity index (χ1n) is 7.13. The second-order valence-corrected chi connectivity index (χ2v) is 5.33. The summed E-state index contributed by atoms with van der Waals surface area (Å²) in [5, 5.41) is 9.77. The summed E-state index contributed by atoms with van der Waals surface area (Å²) in [6.45, 7) is 0.551. The zero-order valence-electron chi connectivity index (χ0n) is 11.7. The molecule has 0 saturated heterocycles. The minimum absolute atomic E-state index is 0.124. The first-order chi connectivity index (χ1) is 9.78. The van der Waals surface area contributed by atoms with Crippen molar-refractivity contribution < 1.29 is 0 Å². The van der Waals surface area contributed by atoms with Gasteiger partial charge in [-0.3, -0.25) is 4.79 Å². The fourth-order valence-electron chi connectivity index (χ4n) is 2.81. The molecule has 4 heteroatoms. The van der Waals surface area contributed by atoms with Gasteiger partial charge in [-0.2, -0.15) is 5.10 Å². The Kier molecular flexibility index (Phi) is 3.65. The van der Waals surface area contributed by atoms with Crippen molar-refractivity contribution in [3.63, 3.8) is 0 Å². The molecule has 1 aromatic heterocycles. The van der Waals surface area contributed by atoms with E-state index in [0.717, 1.165) is 23.2 Å². The van der Waals surface area contributed by atoms with Crippen molar-refractivity contribution >= 4 is 0 Å². The smallest absolute Gasteiger partial charge is 0.268 e. The van der Waals surface area contributed by atoms with E-state index in [-0.39, 0.29) is 5.56 Å². The predicted molar refractivity (Wildman–Crippen MR) is 79.7 cm³/mol. The maximum absolute atomic E-state index is 11.7. The molecular formula is C16H19N3O. The number of aromatic nitrogens is 2. The largest absolute Gasteiger partial charge is 0.315 e. The van der Waals surface area contributed by atoms with E-state index in [0.29, 0.717) is 6.54 Å². The van der Waals surface area contributed by atoms with Gasteiger partial charge in [-0.15, -0.1) is 0 Å². The molecule has 0 bridgehead atoms. The molecular weight excluding hydrogens is 250 g/mol. The van der Waals surface area contributed by atoms with Crippen molar-refractivity contribution in [2.45, 2.75) is 32.2 Å². The summed E-state index contributed by atoms with van der Waals surface area (Å²) in [6, 6.07) is 8.40. The number of hydrogen-bond acceptors (Lipinski definition) is 3. The molecule has 1 aliphatic carbocycles. The van der Waals surface area contributed by atoms with Crippen molar-refractivity contribution in [1.29, 1.82) is 0 Å². The molecule has 0 atom stereocenters. The van der Waals surface area contributed by atoms with Crippen LogP contribution in [-0.4, -0.2) is 17.2 Å². The number of aromatic amines is 1. The van der Waals surface area contributed by atoms with Gasteiger partial charge in [0.05, 0.1) is 5.69 Å². The minimum atomic E-state index is -0.124. The topological polar surface area (TPSA) is 57.8 Å². The predicted octanol–water partition coefficient (Wildman–Crippen LogP) is 2.04. The third-order valence-electron chi connectivity index (χ3n) is 3.89. The van der Waals surface area contributed by atoms with E-state index in [1.807, 2.05) is 13.1 Å². The molecule has 20 heavy (non-hydrogen) atoms. The van der Waals surface area contributed by atoms with Crippen molar-refractivity contribution in [2.75, 3.05) is 7.05 Å². The highest BCUT2D eigenvalue weighted by atomic mass is 16.1. The molecule has 2 N–H and O–H groups in total. The first-order valence-corrected chi connectivity index (χ1v) is 7.13. The van der Waals surface area contributed by atoms with Crippen LogP contribution in [0, 0.1) is 0 Å². The molecule has 1 heterocycles. The number of nitrogens with one attached hydrogen (secondary N) is 2. The number of fused-ring (bicyclic) bond motifs is 1. The van der Waals surface area contributed by atoms with Crippen molar-refractivity contribution in [3.05, 3.63) is 51.3 Å². The van der Waals surface area contributed by atoms with Crippen LogP contribution in [-0.2, 0) is 19.4 Å². The summed E-state index contributed by atoms with van der Waals surface area (Å²) in [5.41, 5.74) is 5.40. The van der Waals surface area contributed by atoms with Gasteiger partial charge in [-0.1, -0.05) is 12.1 Å². The van der Waals surface area contributed by atoms with E-state index in [1.165, 1.54) is 30.4 Å². The lowest BCUT2D eigenvalue weighted by Crippen LogP contribution is -2.19. The fraction of sp³-hybridized carbons (Fsp3) is 0.375. The Bertz CT molecular complexity index is 676. The number of rotatable bonds is 3. The van der Waals surface area contributed by atoms with Gasteiger partial charge in [0.25, 0.3) is 5.56 Å². The van der Waals surface area contributed by atoms with Gasteiger partial charge in [0.2, 0.25) is 0 Å². The van der Waals surface area contributed by atoms with Gasteiger partial charge in [-0.05, 0) is 56.0 Å². The van der Waals surface area contributed by atoms with Crippen LogP contribution in [0.15, 0.2) is 29.1 Å². The van der Waals surface area contributed by atoms with Crippen LogP contribution in [0.5, 0.6) is 0 Å². The van der Waals surface area contributed by atoms with Crippen LogP contribution in [0.25, 0.3) is 11.3 Å². The number of nitrogens with zero attached hydrogens (tertiary/aromatic N) is 1. The monoisotopic (exact) mass is 269 g/mol. The second-order valence-electron chi connectivity index (χ2n) is 5.33. The van der Waals surface area contributed by atoms with E-state index in [4.69, 9.17) is 0 Å². The molecule has 0 amide bonds. The highest BCUT2D eigenvalue weighted by Gasteiger charge is 2.11. The second kappa shape index (κ2) is 5.59. The molecule has 0 fully saturated rings. The van der Waals surface area contributed by atoms with E-state index in [1.54, 1.807) is 0 Å². The number of hydrogen-bond donors (Lipinski definition) is 2. The first kappa shape index (κ1) is 13.1. The normalized spacial score (nSPS) is 14.1. The average Bonchev–Trinajstić information content (AvgIpc) is 2.49. The Balaban J connectivity index is 2.00. The highest BCUT2D eigenvalue weighted by Crippen LogP contribution is 2.26. The zero-order chi connectivity index (χ0) is 13.9. The van der Waals surface area contributed by atoms with Crippen molar-refractivity contribution in [1.82, 2.24) is 15.5 Å². The summed E-state index contributed by atoms with van der Waals surface area (Å²) in [4.78, 5) is 11.7. The van der Waals surface area contributed by atoms with Gasteiger partial charge >= 0.3 is 0 Å². The molecule has 1 aromatic carbocycles. The molecule has 1 aliphatic rings. The van der Waals surface area contributed by atoms with Crippen LogP contribution in [0.2, 0.25) is 0 Å². The maximum atomic E-state index is 11.7. The molecule has 104 valence electrons. The molecule has 0 saturated carbocycles. The molecule has 4 nitrogen and oxygen atoms in total. The maximum Gasteiger partial charge on any atom is 0.268 e. The summed E-state index contributed by atoms with van der Waals surface area (Å²) in [6.07, 6.45) is 4.88. The van der Waals surface area contributed by atoms with Gasteiger partial charge in [-0.25, -0.2) is 5.10 Å². The number of aryl methyl sites for hydroxylation is 2. The van der Waals surface area contributed by atoms with Crippen LogP contribution >= 0.6 is 0 Å². The van der Waals surface area contributed by atoms with Crippen molar-refractivity contribution in [2.24, 2.45) is 0 Å². The lowest BCUT2D eigenvalue weighted by Gasteiger charge is -2.16. The summed E-state index contributed by atoms with van der Waals surface area (Å²) < 4.78 is 0. The number of benzene rings is 1. The van der Waals surface area contributed by atoms with Crippen molar-refractivity contribution in [3.8, 4) is 11.3 Å². The third-order valence-corrected chi connectivity index (χ3v) is 3.89. The lowest BCUT2D eigenvalue weighted by molar-refractivity contribution is 0.686. The molecule has 0 unspecified atom stereocenters. The Hall–Kier alpha value is -1.94. The Morgan fingerprint density at radius 1 is 1.20 bits per heavy atom. The molecule has 0 spiro atoms. The Morgan fingerprint density at radius 2 is 2.00 bits per heavy atom. The molecule has 3 rings (SSSR count). The average molecular weight is 269 g/mol. The van der Waals surface area contributed by atoms with Crippen LogP contribution in [0.3, 0.4) is 0 Å². The SMILES string of the molecule is CNCc1cc(-c2ccc3c(c2)CCCC3)n[nH]c1=O. The summed E-state index contributed by atoms with van der Waals surface area (Å²) >= 11 is 0. The standard InChI is InChI=1S/C16H19N3O/c1-17-10-14-9-15(18-19-16(14)20)13-7-6-11-4-2-3-5-12(11)8-13/h6-9,17H,2-5,10H2,1H3,(H,19,20). The van der Waals surface area contributed by atoms with Gasteiger partial charge < -0.3 is 5.32 Å². The zero-order valence-corrected chi connectivity index (χ0v) is 11.7. The van der Waals surface area contributed by atoms with E-state index < -0.39 is 0 Å². The van der Waals surface area contributed by atoms with Gasteiger partial charge in [0, 0.05) is 17.7 Å². The van der Waals surface area contributed by atoms with Crippen LogP contribution in [0.1, 0.15) is 29.5 Å². The van der Waals surface area contributed by atoms with Gasteiger partial charge in [0.1, 0.15) is 0 Å².